The van der Waals surface area contributed by atoms with Gasteiger partial charge in [0.2, 0.25) is 5.13 Å². The van der Waals surface area contributed by atoms with Crippen molar-refractivity contribution in [3.63, 3.8) is 0 Å². The number of nitrogens with zero attached hydrogens (tertiary/aromatic N) is 4. The third-order valence-electron chi connectivity index (χ3n) is 3.02. The fraction of sp³-hybridized carbons (Fsp3) is 0.143. The minimum Gasteiger partial charge on any atom is -0.496 e. The van der Waals surface area contributed by atoms with Crippen LogP contribution in [0.2, 0.25) is 0 Å². The number of carboxylic acid groups (broad SMARTS) is 1. The zero-order valence-corrected chi connectivity index (χ0v) is 12.7. The van der Waals surface area contributed by atoms with Gasteiger partial charge >= 0.3 is 5.97 Å². The molecule has 3 rings (SSSR count). The SMILES string of the molecule is COc1ccccc1-c1c(C(=O)O)nnn1-c1nc(C)cs1. The molecule has 0 saturated heterocycles. The monoisotopic (exact) mass is 316 g/mol. The van der Waals surface area contributed by atoms with Crippen LogP contribution < -0.4 is 4.74 Å². The van der Waals surface area contributed by atoms with Gasteiger partial charge in [0, 0.05) is 10.9 Å². The first-order valence-corrected chi connectivity index (χ1v) is 7.24. The lowest BCUT2D eigenvalue weighted by Gasteiger charge is -2.09. The van der Waals surface area contributed by atoms with Crippen molar-refractivity contribution in [1.29, 1.82) is 0 Å². The normalized spacial score (nSPS) is 10.6. The number of rotatable bonds is 4. The number of hydrogen-bond acceptors (Lipinski definition) is 6. The van der Waals surface area contributed by atoms with Crippen LogP contribution in [-0.4, -0.2) is 38.2 Å². The molecule has 0 amide bonds. The van der Waals surface area contributed by atoms with Crippen LogP contribution in [0.25, 0.3) is 16.4 Å². The van der Waals surface area contributed by atoms with E-state index in [2.05, 4.69) is 15.3 Å². The first-order chi connectivity index (χ1) is 10.6. The lowest BCUT2D eigenvalue weighted by atomic mass is 10.1. The Kier molecular flexibility index (Phi) is 3.60. The largest absolute Gasteiger partial charge is 0.496 e. The fourth-order valence-electron chi connectivity index (χ4n) is 2.08. The quantitative estimate of drug-likeness (QED) is 0.795. The lowest BCUT2D eigenvalue weighted by Crippen LogP contribution is -2.04. The second-order valence-electron chi connectivity index (χ2n) is 4.48. The van der Waals surface area contributed by atoms with Crippen molar-refractivity contribution in [3.05, 3.63) is 41.0 Å². The maximum absolute atomic E-state index is 11.5. The van der Waals surface area contributed by atoms with Crippen molar-refractivity contribution in [1.82, 2.24) is 20.0 Å². The molecule has 3 aromatic rings. The molecule has 0 spiro atoms. The van der Waals surface area contributed by atoms with Crippen molar-refractivity contribution >= 4 is 17.3 Å². The Bertz CT molecular complexity index is 840. The molecule has 1 N–H and O–H groups in total. The van der Waals surface area contributed by atoms with Gasteiger partial charge in [0.15, 0.2) is 5.69 Å². The van der Waals surface area contributed by atoms with Crippen molar-refractivity contribution in [2.75, 3.05) is 7.11 Å². The van der Waals surface area contributed by atoms with Gasteiger partial charge in [0.05, 0.1) is 12.8 Å². The van der Waals surface area contributed by atoms with Gasteiger partial charge in [-0.25, -0.2) is 9.78 Å². The van der Waals surface area contributed by atoms with E-state index in [-0.39, 0.29) is 5.69 Å². The highest BCUT2D eigenvalue weighted by Crippen LogP contribution is 2.33. The topological polar surface area (TPSA) is 90.1 Å². The Balaban J connectivity index is 2.28. The molecule has 0 atom stereocenters. The third-order valence-corrected chi connectivity index (χ3v) is 3.96. The molecule has 1 aromatic carbocycles. The number of thiazole rings is 1. The number of carboxylic acids is 1. The molecule has 0 fully saturated rings. The predicted octanol–water partition coefficient (Wildman–Crippen LogP) is 2.41. The number of ether oxygens (including phenoxy) is 1. The van der Waals surface area contributed by atoms with Crippen LogP contribution >= 0.6 is 11.3 Å². The highest BCUT2D eigenvalue weighted by molar-refractivity contribution is 7.12. The van der Waals surface area contributed by atoms with Gasteiger partial charge in [-0.2, -0.15) is 4.68 Å². The summed E-state index contributed by atoms with van der Waals surface area (Å²) in [6, 6.07) is 7.13. The maximum Gasteiger partial charge on any atom is 0.358 e. The molecule has 2 aromatic heterocycles. The summed E-state index contributed by atoms with van der Waals surface area (Å²) in [5.41, 5.74) is 1.63. The van der Waals surface area contributed by atoms with E-state index in [9.17, 15) is 9.90 Å². The zero-order chi connectivity index (χ0) is 15.7. The Morgan fingerprint density at radius 3 is 2.77 bits per heavy atom. The molecule has 22 heavy (non-hydrogen) atoms. The van der Waals surface area contributed by atoms with Crippen LogP contribution in [0.4, 0.5) is 0 Å². The molecular weight excluding hydrogens is 304 g/mol. The first-order valence-electron chi connectivity index (χ1n) is 6.36. The van der Waals surface area contributed by atoms with Crippen LogP contribution in [0, 0.1) is 6.92 Å². The van der Waals surface area contributed by atoms with Crippen molar-refractivity contribution in [2.45, 2.75) is 6.92 Å². The van der Waals surface area contributed by atoms with E-state index in [4.69, 9.17) is 4.74 Å². The van der Waals surface area contributed by atoms with E-state index < -0.39 is 5.97 Å². The second kappa shape index (κ2) is 5.57. The minimum atomic E-state index is -1.15. The van der Waals surface area contributed by atoms with Gasteiger partial charge in [-0.15, -0.1) is 16.4 Å². The molecule has 0 saturated carbocycles. The van der Waals surface area contributed by atoms with E-state index in [0.29, 0.717) is 22.1 Å². The summed E-state index contributed by atoms with van der Waals surface area (Å²) in [5, 5.41) is 19.5. The first kappa shape index (κ1) is 14.2. The van der Waals surface area contributed by atoms with Crippen LogP contribution in [0.1, 0.15) is 16.2 Å². The predicted molar refractivity (Wildman–Crippen MR) is 80.7 cm³/mol. The van der Waals surface area contributed by atoms with Crippen LogP contribution in [0.3, 0.4) is 0 Å². The number of carbonyl (C=O) groups is 1. The van der Waals surface area contributed by atoms with E-state index in [1.54, 1.807) is 18.2 Å². The smallest absolute Gasteiger partial charge is 0.358 e. The van der Waals surface area contributed by atoms with Gasteiger partial charge in [-0.3, -0.25) is 0 Å². The van der Waals surface area contributed by atoms with Gasteiger partial charge in [0.1, 0.15) is 11.4 Å². The Morgan fingerprint density at radius 2 is 2.14 bits per heavy atom. The average molecular weight is 316 g/mol. The molecular formula is C14H12N4O3S. The third kappa shape index (κ3) is 2.33. The van der Waals surface area contributed by atoms with Crippen molar-refractivity contribution in [3.8, 4) is 22.1 Å². The number of benzene rings is 1. The Hall–Kier alpha value is -2.74. The van der Waals surface area contributed by atoms with Gasteiger partial charge in [-0.1, -0.05) is 17.3 Å². The highest BCUT2D eigenvalue weighted by Gasteiger charge is 2.24. The number of methoxy groups -OCH3 is 1. The lowest BCUT2D eigenvalue weighted by molar-refractivity contribution is 0.0691. The fourth-order valence-corrected chi connectivity index (χ4v) is 2.83. The number of aromatic nitrogens is 4. The van der Waals surface area contributed by atoms with Crippen molar-refractivity contribution < 1.29 is 14.6 Å². The summed E-state index contributed by atoms with van der Waals surface area (Å²) in [6.07, 6.45) is 0. The second-order valence-corrected chi connectivity index (χ2v) is 5.31. The molecule has 0 bridgehead atoms. The van der Waals surface area contributed by atoms with Gasteiger partial charge in [-0.05, 0) is 19.1 Å². The number of hydrogen-bond donors (Lipinski definition) is 1. The van der Waals surface area contributed by atoms with Gasteiger partial charge < -0.3 is 9.84 Å². The molecule has 0 aliphatic rings. The van der Waals surface area contributed by atoms with Crippen LogP contribution in [0.5, 0.6) is 5.75 Å². The van der Waals surface area contributed by atoms with E-state index in [1.807, 2.05) is 18.4 Å². The van der Waals surface area contributed by atoms with Crippen LogP contribution in [0.15, 0.2) is 29.6 Å². The standard InChI is InChI=1S/C14H12N4O3S/c1-8-7-22-14(15-8)18-12(11(13(19)20)16-17-18)9-5-3-4-6-10(9)21-2/h3-7H,1-2H3,(H,19,20). The average Bonchev–Trinajstić information content (AvgIpc) is 3.13. The summed E-state index contributed by atoms with van der Waals surface area (Å²) in [5.74, 6) is -0.609. The van der Waals surface area contributed by atoms with Crippen LogP contribution in [-0.2, 0) is 0 Å². The number of aromatic carboxylic acids is 1. The van der Waals surface area contributed by atoms with E-state index >= 15 is 0 Å². The maximum atomic E-state index is 11.5. The van der Waals surface area contributed by atoms with E-state index in [1.165, 1.54) is 23.1 Å². The molecule has 0 unspecified atom stereocenters. The van der Waals surface area contributed by atoms with Gasteiger partial charge in [0.25, 0.3) is 0 Å². The molecule has 2 heterocycles. The van der Waals surface area contributed by atoms with E-state index in [0.717, 1.165) is 5.69 Å². The molecule has 0 radical (unpaired) electrons. The molecule has 7 nitrogen and oxygen atoms in total. The zero-order valence-electron chi connectivity index (χ0n) is 11.8. The molecule has 0 aliphatic heterocycles. The molecule has 0 aliphatic carbocycles. The summed E-state index contributed by atoms with van der Waals surface area (Å²) in [4.78, 5) is 15.8. The summed E-state index contributed by atoms with van der Waals surface area (Å²) < 4.78 is 6.75. The highest BCUT2D eigenvalue weighted by atomic mass is 32.1. The Morgan fingerprint density at radius 1 is 1.36 bits per heavy atom. The summed E-state index contributed by atoms with van der Waals surface area (Å²) in [7, 11) is 1.53. The number of para-hydroxylation sites is 1. The van der Waals surface area contributed by atoms with Crippen molar-refractivity contribution in [2.24, 2.45) is 0 Å². The molecule has 8 heteroatoms. The number of aryl methyl sites for hydroxylation is 1. The summed E-state index contributed by atoms with van der Waals surface area (Å²) in [6.45, 7) is 1.86. The molecule has 112 valence electrons. The minimum absolute atomic E-state index is 0.141. The Labute approximate surface area is 129 Å². The summed E-state index contributed by atoms with van der Waals surface area (Å²) >= 11 is 1.37.